The third kappa shape index (κ3) is 2.52. The van der Waals surface area contributed by atoms with Crippen molar-refractivity contribution in [2.45, 2.75) is 31.7 Å². The van der Waals surface area contributed by atoms with Gasteiger partial charge in [0, 0.05) is 13.1 Å². The van der Waals surface area contributed by atoms with E-state index in [2.05, 4.69) is 4.98 Å². The zero-order valence-corrected chi connectivity index (χ0v) is 10.4. The van der Waals surface area contributed by atoms with E-state index in [1.807, 2.05) is 11.9 Å². The molecule has 4 nitrogen and oxygen atoms in total. The lowest BCUT2D eigenvalue weighted by atomic mass is 10.2. The number of carbonyl (C=O) groups is 1. The molecule has 0 radical (unpaired) electrons. The van der Waals surface area contributed by atoms with Crippen molar-refractivity contribution in [3.8, 4) is 0 Å². The summed E-state index contributed by atoms with van der Waals surface area (Å²) in [6.45, 7) is 0. The van der Waals surface area contributed by atoms with Crippen molar-refractivity contribution in [2.24, 2.45) is 0 Å². The average molecular weight is 255 g/mol. The van der Waals surface area contributed by atoms with Crippen molar-refractivity contribution >= 4 is 23.4 Å². The number of carboxylic acid groups (broad SMARTS) is 1. The van der Waals surface area contributed by atoms with E-state index < -0.39 is 5.97 Å². The van der Waals surface area contributed by atoms with Crippen LogP contribution in [0.15, 0.2) is 12.1 Å². The van der Waals surface area contributed by atoms with Crippen molar-refractivity contribution in [3.63, 3.8) is 0 Å². The summed E-state index contributed by atoms with van der Waals surface area (Å²) in [4.78, 5) is 17.2. The summed E-state index contributed by atoms with van der Waals surface area (Å²) >= 11 is 5.84. The normalized spacial score (nSPS) is 16.1. The first-order valence-electron chi connectivity index (χ1n) is 5.72. The molecule has 1 fully saturated rings. The number of nitrogens with zero attached hydrogens (tertiary/aromatic N) is 2. The fourth-order valence-electron chi connectivity index (χ4n) is 2.33. The number of pyridine rings is 1. The molecule has 5 heteroatoms. The van der Waals surface area contributed by atoms with Crippen molar-refractivity contribution in [3.05, 3.63) is 22.8 Å². The van der Waals surface area contributed by atoms with Crippen LogP contribution in [0.5, 0.6) is 0 Å². The highest BCUT2D eigenvalue weighted by atomic mass is 35.5. The van der Waals surface area contributed by atoms with Gasteiger partial charge >= 0.3 is 5.97 Å². The minimum atomic E-state index is -0.964. The summed E-state index contributed by atoms with van der Waals surface area (Å²) in [6, 6.07) is 3.40. The maximum Gasteiger partial charge on any atom is 0.339 e. The summed E-state index contributed by atoms with van der Waals surface area (Å²) in [6.07, 6.45) is 4.56. The molecular weight excluding hydrogens is 240 g/mol. The SMILES string of the molecule is CN(c1nc(Cl)ccc1C(=O)O)C1CCCC1. The van der Waals surface area contributed by atoms with E-state index >= 15 is 0 Å². The summed E-state index contributed by atoms with van der Waals surface area (Å²) in [5.41, 5.74) is 0.212. The molecular formula is C12H15ClN2O2. The highest BCUT2D eigenvalue weighted by Gasteiger charge is 2.24. The van der Waals surface area contributed by atoms with Gasteiger partial charge in [0.05, 0.1) is 0 Å². The average Bonchev–Trinajstić information content (AvgIpc) is 2.80. The molecule has 1 aromatic rings. The van der Waals surface area contributed by atoms with E-state index in [0.717, 1.165) is 12.8 Å². The second kappa shape index (κ2) is 4.92. The van der Waals surface area contributed by atoms with Crippen LogP contribution in [0.25, 0.3) is 0 Å². The van der Waals surface area contributed by atoms with Crippen LogP contribution < -0.4 is 4.90 Å². The summed E-state index contributed by atoms with van der Waals surface area (Å²) in [5, 5.41) is 9.47. The molecule has 1 aliphatic rings. The Hall–Kier alpha value is -1.29. The number of halogens is 1. The molecule has 1 heterocycles. The Morgan fingerprint density at radius 3 is 2.71 bits per heavy atom. The number of hydrogen-bond donors (Lipinski definition) is 1. The van der Waals surface area contributed by atoms with Gasteiger partial charge in [-0.2, -0.15) is 0 Å². The first kappa shape index (κ1) is 12.2. The molecule has 1 N–H and O–H groups in total. The zero-order valence-electron chi connectivity index (χ0n) is 9.69. The van der Waals surface area contributed by atoms with Crippen molar-refractivity contribution < 1.29 is 9.90 Å². The van der Waals surface area contributed by atoms with Crippen molar-refractivity contribution in [1.29, 1.82) is 0 Å². The summed E-state index contributed by atoms with van der Waals surface area (Å²) in [7, 11) is 1.89. The molecule has 0 atom stereocenters. The lowest BCUT2D eigenvalue weighted by molar-refractivity contribution is 0.0697. The number of aromatic nitrogens is 1. The van der Waals surface area contributed by atoms with E-state index in [1.165, 1.54) is 25.0 Å². The van der Waals surface area contributed by atoms with Gasteiger partial charge in [-0.25, -0.2) is 9.78 Å². The van der Waals surface area contributed by atoms with E-state index in [-0.39, 0.29) is 5.56 Å². The largest absolute Gasteiger partial charge is 0.478 e. The molecule has 0 aliphatic heterocycles. The monoisotopic (exact) mass is 254 g/mol. The number of aromatic carboxylic acids is 1. The van der Waals surface area contributed by atoms with E-state index in [1.54, 1.807) is 0 Å². The van der Waals surface area contributed by atoms with Gasteiger partial charge in [-0.1, -0.05) is 24.4 Å². The van der Waals surface area contributed by atoms with Crippen LogP contribution in [-0.4, -0.2) is 29.1 Å². The predicted octanol–water partition coefficient (Wildman–Crippen LogP) is 2.81. The Bertz CT molecular complexity index is 431. The highest BCUT2D eigenvalue weighted by Crippen LogP contribution is 2.28. The van der Waals surface area contributed by atoms with Crippen LogP contribution >= 0.6 is 11.6 Å². The summed E-state index contributed by atoms with van der Waals surface area (Å²) in [5.74, 6) is -0.495. The van der Waals surface area contributed by atoms with Gasteiger partial charge < -0.3 is 10.0 Å². The van der Waals surface area contributed by atoms with Gasteiger partial charge in [-0.3, -0.25) is 0 Å². The first-order chi connectivity index (χ1) is 8.09. The lowest BCUT2D eigenvalue weighted by Crippen LogP contribution is -2.31. The molecule has 2 rings (SSSR count). The molecule has 1 saturated carbocycles. The van der Waals surface area contributed by atoms with Gasteiger partial charge in [0.25, 0.3) is 0 Å². The lowest BCUT2D eigenvalue weighted by Gasteiger charge is -2.26. The molecule has 0 saturated heterocycles. The predicted molar refractivity (Wildman–Crippen MR) is 66.9 cm³/mol. The Balaban J connectivity index is 2.34. The smallest absolute Gasteiger partial charge is 0.339 e. The minimum absolute atomic E-state index is 0.212. The van der Waals surface area contributed by atoms with Gasteiger partial charge in [-0.15, -0.1) is 0 Å². The third-order valence-corrected chi connectivity index (χ3v) is 3.49. The van der Waals surface area contributed by atoms with Crippen LogP contribution in [0, 0.1) is 0 Å². The number of carboxylic acids is 1. The van der Waals surface area contributed by atoms with Crippen LogP contribution in [0.2, 0.25) is 5.15 Å². The van der Waals surface area contributed by atoms with Crippen LogP contribution in [0.3, 0.4) is 0 Å². The Morgan fingerprint density at radius 2 is 2.12 bits per heavy atom. The zero-order chi connectivity index (χ0) is 12.4. The van der Waals surface area contributed by atoms with E-state index in [9.17, 15) is 4.79 Å². The fraction of sp³-hybridized carbons (Fsp3) is 0.500. The highest BCUT2D eigenvalue weighted by molar-refractivity contribution is 6.29. The topological polar surface area (TPSA) is 53.4 Å². The van der Waals surface area contributed by atoms with E-state index in [0.29, 0.717) is 17.0 Å². The second-order valence-corrected chi connectivity index (χ2v) is 4.75. The Kier molecular flexibility index (Phi) is 3.52. The van der Waals surface area contributed by atoms with Crippen molar-refractivity contribution in [2.75, 3.05) is 11.9 Å². The molecule has 0 aromatic carbocycles. The third-order valence-electron chi connectivity index (χ3n) is 3.28. The molecule has 92 valence electrons. The molecule has 0 bridgehead atoms. The molecule has 0 unspecified atom stereocenters. The van der Waals surface area contributed by atoms with Gasteiger partial charge in [-0.05, 0) is 25.0 Å². The van der Waals surface area contributed by atoms with E-state index in [4.69, 9.17) is 16.7 Å². The minimum Gasteiger partial charge on any atom is -0.478 e. The van der Waals surface area contributed by atoms with Gasteiger partial charge in [0.1, 0.15) is 16.5 Å². The van der Waals surface area contributed by atoms with Crippen molar-refractivity contribution in [1.82, 2.24) is 4.98 Å². The molecule has 0 spiro atoms. The van der Waals surface area contributed by atoms with Crippen LogP contribution in [0.1, 0.15) is 36.0 Å². The maximum absolute atomic E-state index is 11.1. The quantitative estimate of drug-likeness (QED) is 0.843. The first-order valence-corrected chi connectivity index (χ1v) is 6.10. The van der Waals surface area contributed by atoms with Crippen LogP contribution in [0.4, 0.5) is 5.82 Å². The van der Waals surface area contributed by atoms with Gasteiger partial charge in [0.15, 0.2) is 0 Å². The number of hydrogen-bond acceptors (Lipinski definition) is 3. The molecule has 0 amide bonds. The van der Waals surface area contributed by atoms with Gasteiger partial charge in [0.2, 0.25) is 0 Å². The number of rotatable bonds is 3. The standard InChI is InChI=1S/C12H15ClN2O2/c1-15(8-4-2-3-5-8)11-9(12(16)17)6-7-10(13)14-11/h6-8H,2-5H2,1H3,(H,16,17). The second-order valence-electron chi connectivity index (χ2n) is 4.36. The maximum atomic E-state index is 11.1. The fourth-order valence-corrected chi connectivity index (χ4v) is 2.47. The Labute approximate surface area is 105 Å². The Morgan fingerprint density at radius 1 is 1.47 bits per heavy atom. The summed E-state index contributed by atoms with van der Waals surface area (Å²) < 4.78 is 0. The molecule has 1 aliphatic carbocycles. The molecule has 1 aromatic heterocycles. The number of anilines is 1. The van der Waals surface area contributed by atoms with Crippen LogP contribution in [-0.2, 0) is 0 Å². The molecule has 17 heavy (non-hydrogen) atoms.